The van der Waals surface area contributed by atoms with E-state index >= 15 is 0 Å². The molecule has 2 fully saturated rings. The number of nitrogens with one attached hydrogen (secondary N) is 1. The predicted molar refractivity (Wildman–Crippen MR) is 78.1 cm³/mol. The minimum Gasteiger partial charge on any atom is -0.372 e. The molecule has 1 aromatic rings. The predicted octanol–water partition coefficient (Wildman–Crippen LogP) is 2.88. The van der Waals surface area contributed by atoms with Gasteiger partial charge in [-0.05, 0) is 37.6 Å². The molecule has 1 spiro atoms. The number of halogens is 1. The SMILES string of the molecule is Brc1ccccc1COC1COC2(CCNCC2)C1. The van der Waals surface area contributed by atoms with Crippen LogP contribution in [0.2, 0.25) is 0 Å². The number of benzene rings is 1. The van der Waals surface area contributed by atoms with Gasteiger partial charge < -0.3 is 14.8 Å². The fraction of sp³-hybridized carbons (Fsp3) is 0.600. The van der Waals surface area contributed by atoms with Crippen LogP contribution in [0.4, 0.5) is 0 Å². The van der Waals surface area contributed by atoms with Crippen LogP contribution >= 0.6 is 15.9 Å². The number of piperidine rings is 1. The van der Waals surface area contributed by atoms with Crippen LogP contribution in [0.25, 0.3) is 0 Å². The van der Waals surface area contributed by atoms with Crippen LogP contribution in [0.15, 0.2) is 28.7 Å². The molecule has 0 aliphatic carbocycles. The molecule has 0 saturated carbocycles. The number of ether oxygens (including phenoxy) is 2. The number of hydrogen-bond acceptors (Lipinski definition) is 3. The molecular formula is C15H20BrNO2. The van der Waals surface area contributed by atoms with Gasteiger partial charge in [0.1, 0.15) is 0 Å². The molecule has 0 radical (unpaired) electrons. The topological polar surface area (TPSA) is 30.5 Å². The van der Waals surface area contributed by atoms with E-state index in [1.807, 2.05) is 12.1 Å². The molecule has 1 atom stereocenters. The summed E-state index contributed by atoms with van der Waals surface area (Å²) in [6.45, 7) is 3.53. The van der Waals surface area contributed by atoms with Crippen molar-refractivity contribution in [3.63, 3.8) is 0 Å². The average Bonchev–Trinajstić information content (AvgIpc) is 2.82. The van der Waals surface area contributed by atoms with Gasteiger partial charge in [0.25, 0.3) is 0 Å². The fourth-order valence-corrected chi connectivity index (χ4v) is 3.36. The first-order valence-electron chi connectivity index (χ1n) is 6.97. The summed E-state index contributed by atoms with van der Waals surface area (Å²) in [5.41, 5.74) is 1.29. The van der Waals surface area contributed by atoms with Crippen molar-refractivity contribution in [2.75, 3.05) is 19.7 Å². The lowest BCUT2D eigenvalue weighted by molar-refractivity contribution is -0.0241. The van der Waals surface area contributed by atoms with Gasteiger partial charge in [-0.3, -0.25) is 0 Å². The van der Waals surface area contributed by atoms with Gasteiger partial charge in [-0.1, -0.05) is 34.1 Å². The first-order chi connectivity index (χ1) is 9.27. The molecule has 2 aliphatic rings. The summed E-state index contributed by atoms with van der Waals surface area (Å²) in [7, 11) is 0. The van der Waals surface area contributed by atoms with Gasteiger partial charge >= 0.3 is 0 Å². The van der Waals surface area contributed by atoms with Crippen LogP contribution in [-0.2, 0) is 16.1 Å². The highest BCUT2D eigenvalue weighted by atomic mass is 79.9. The molecule has 4 heteroatoms. The van der Waals surface area contributed by atoms with Gasteiger partial charge in [0.2, 0.25) is 0 Å². The van der Waals surface area contributed by atoms with E-state index in [2.05, 4.69) is 33.4 Å². The molecule has 2 heterocycles. The second kappa shape index (κ2) is 5.92. The molecule has 2 aliphatic heterocycles. The average molecular weight is 326 g/mol. The Morgan fingerprint density at radius 2 is 2.11 bits per heavy atom. The smallest absolute Gasteiger partial charge is 0.0840 e. The second-order valence-corrected chi connectivity index (χ2v) is 6.33. The third kappa shape index (κ3) is 3.19. The summed E-state index contributed by atoms with van der Waals surface area (Å²) >= 11 is 3.56. The van der Waals surface area contributed by atoms with E-state index in [0.717, 1.165) is 43.4 Å². The lowest BCUT2D eigenvalue weighted by Crippen LogP contribution is -2.41. The van der Waals surface area contributed by atoms with Crippen molar-refractivity contribution in [3.8, 4) is 0 Å². The monoisotopic (exact) mass is 325 g/mol. The van der Waals surface area contributed by atoms with Crippen molar-refractivity contribution in [1.29, 1.82) is 0 Å². The van der Waals surface area contributed by atoms with E-state index in [-0.39, 0.29) is 11.7 Å². The molecule has 0 amide bonds. The van der Waals surface area contributed by atoms with Crippen molar-refractivity contribution < 1.29 is 9.47 Å². The Hall–Kier alpha value is -0.420. The normalized spacial score (nSPS) is 25.8. The first kappa shape index (κ1) is 13.6. The summed E-state index contributed by atoms with van der Waals surface area (Å²) in [4.78, 5) is 0. The maximum Gasteiger partial charge on any atom is 0.0840 e. The molecule has 0 aromatic heterocycles. The Bertz CT molecular complexity index is 432. The lowest BCUT2D eigenvalue weighted by Gasteiger charge is -2.32. The molecule has 104 valence electrons. The summed E-state index contributed by atoms with van der Waals surface area (Å²) in [5.74, 6) is 0. The van der Waals surface area contributed by atoms with Gasteiger partial charge in [-0.2, -0.15) is 0 Å². The van der Waals surface area contributed by atoms with Gasteiger partial charge in [0.15, 0.2) is 0 Å². The van der Waals surface area contributed by atoms with Crippen molar-refractivity contribution >= 4 is 15.9 Å². The number of rotatable bonds is 3. The van der Waals surface area contributed by atoms with Gasteiger partial charge in [0.05, 0.1) is 24.9 Å². The van der Waals surface area contributed by atoms with Crippen LogP contribution < -0.4 is 5.32 Å². The highest BCUT2D eigenvalue weighted by molar-refractivity contribution is 9.10. The van der Waals surface area contributed by atoms with Gasteiger partial charge in [-0.25, -0.2) is 0 Å². The molecular weight excluding hydrogens is 306 g/mol. The first-order valence-corrected chi connectivity index (χ1v) is 7.76. The largest absolute Gasteiger partial charge is 0.372 e. The van der Waals surface area contributed by atoms with Crippen LogP contribution in [-0.4, -0.2) is 31.4 Å². The highest BCUT2D eigenvalue weighted by Crippen LogP contribution is 2.35. The summed E-state index contributed by atoms with van der Waals surface area (Å²) in [6, 6.07) is 8.22. The highest BCUT2D eigenvalue weighted by Gasteiger charge is 2.41. The third-order valence-electron chi connectivity index (χ3n) is 4.12. The molecule has 3 nitrogen and oxygen atoms in total. The molecule has 1 N–H and O–H groups in total. The molecule has 19 heavy (non-hydrogen) atoms. The zero-order valence-electron chi connectivity index (χ0n) is 11.0. The van der Waals surface area contributed by atoms with Crippen LogP contribution in [0.3, 0.4) is 0 Å². The van der Waals surface area contributed by atoms with Crippen LogP contribution in [0, 0.1) is 0 Å². The zero-order chi connectivity index (χ0) is 13.1. The minimum atomic E-state index is 0.0871. The third-order valence-corrected chi connectivity index (χ3v) is 4.90. The van der Waals surface area contributed by atoms with Crippen molar-refractivity contribution in [2.24, 2.45) is 0 Å². The number of hydrogen-bond donors (Lipinski definition) is 1. The zero-order valence-corrected chi connectivity index (χ0v) is 12.6. The molecule has 1 aromatic carbocycles. The summed E-state index contributed by atoms with van der Waals surface area (Å²) in [6.07, 6.45) is 3.51. The van der Waals surface area contributed by atoms with E-state index in [9.17, 15) is 0 Å². The Labute approximate surface area is 122 Å². The van der Waals surface area contributed by atoms with Crippen LogP contribution in [0.1, 0.15) is 24.8 Å². The van der Waals surface area contributed by atoms with E-state index in [4.69, 9.17) is 9.47 Å². The van der Waals surface area contributed by atoms with E-state index in [1.165, 1.54) is 5.56 Å². The van der Waals surface area contributed by atoms with Crippen molar-refractivity contribution in [1.82, 2.24) is 5.32 Å². The van der Waals surface area contributed by atoms with Gasteiger partial charge in [0, 0.05) is 10.9 Å². The van der Waals surface area contributed by atoms with E-state index < -0.39 is 0 Å². The fourth-order valence-electron chi connectivity index (χ4n) is 2.96. The van der Waals surface area contributed by atoms with Crippen molar-refractivity contribution in [2.45, 2.75) is 37.6 Å². The molecule has 3 rings (SSSR count). The molecule has 2 saturated heterocycles. The van der Waals surface area contributed by atoms with E-state index in [1.54, 1.807) is 0 Å². The maximum atomic E-state index is 6.04. The molecule has 1 unspecified atom stereocenters. The Morgan fingerprint density at radius 3 is 2.89 bits per heavy atom. The minimum absolute atomic E-state index is 0.0871. The lowest BCUT2D eigenvalue weighted by atomic mass is 9.89. The standard InChI is InChI=1S/C15H20BrNO2/c16-14-4-2-1-3-12(14)10-18-13-9-15(19-11-13)5-7-17-8-6-15/h1-4,13,17H,5-11H2. The Balaban J connectivity index is 1.53. The quantitative estimate of drug-likeness (QED) is 0.926. The Kier molecular flexibility index (Phi) is 4.22. The molecule has 0 bridgehead atoms. The Morgan fingerprint density at radius 1 is 1.32 bits per heavy atom. The van der Waals surface area contributed by atoms with E-state index in [0.29, 0.717) is 6.61 Å². The maximum absolute atomic E-state index is 6.04. The summed E-state index contributed by atoms with van der Waals surface area (Å²) in [5, 5.41) is 3.39. The second-order valence-electron chi connectivity index (χ2n) is 5.47. The van der Waals surface area contributed by atoms with Crippen LogP contribution in [0.5, 0.6) is 0 Å². The van der Waals surface area contributed by atoms with Crippen molar-refractivity contribution in [3.05, 3.63) is 34.3 Å². The van der Waals surface area contributed by atoms with Gasteiger partial charge in [-0.15, -0.1) is 0 Å². The summed E-state index contributed by atoms with van der Waals surface area (Å²) < 4.78 is 13.2.